The Morgan fingerprint density at radius 1 is 1.25 bits per heavy atom. The van der Waals surface area contributed by atoms with Crippen LogP contribution in [0.5, 0.6) is 0 Å². The van der Waals surface area contributed by atoms with E-state index >= 15 is 0 Å². The zero-order valence-corrected chi connectivity index (χ0v) is 8.61. The molecule has 1 aromatic rings. The van der Waals surface area contributed by atoms with Crippen LogP contribution in [0.3, 0.4) is 0 Å². The summed E-state index contributed by atoms with van der Waals surface area (Å²) in [7, 11) is 0. The number of hydrogen-bond acceptors (Lipinski definition) is 1. The van der Waals surface area contributed by atoms with Gasteiger partial charge in [-0.15, -0.1) is 0 Å². The van der Waals surface area contributed by atoms with Crippen molar-refractivity contribution in [1.29, 1.82) is 0 Å². The Morgan fingerprint density at radius 3 is 2.67 bits per heavy atom. The molecule has 0 amide bonds. The molecule has 0 aliphatic carbocycles. The molecular formula is C10H12OSe. The molecule has 1 nitrogen and oxygen atoms in total. The van der Waals surface area contributed by atoms with Crippen LogP contribution in [0.4, 0.5) is 0 Å². The van der Waals surface area contributed by atoms with Crippen molar-refractivity contribution in [3.8, 4) is 0 Å². The summed E-state index contributed by atoms with van der Waals surface area (Å²) >= 11 is 0.560. The van der Waals surface area contributed by atoms with Gasteiger partial charge in [-0.2, -0.15) is 0 Å². The van der Waals surface area contributed by atoms with Crippen molar-refractivity contribution >= 4 is 25.7 Å². The van der Waals surface area contributed by atoms with Crippen LogP contribution < -0.4 is 4.46 Å². The molecule has 0 atom stereocenters. The SMILES string of the molecule is O=CCCC[Se]c1ccccc1. The standard InChI is InChI=1S/C10H12OSe/c11-8-4-5-9-12-10-6-2-1-3-7-10/h1-3,6-8H,4-5,9H2. The van der Waals surface area contributed by atoms with Crippen LogP contribution in [0.25, 0.3) is 0 Å². The summed E-state index contributed by atoms with van der Waals surface area (Å²) in [5.41, 5.74) is 0. The monoisotopic (exact) mass is 228 g/mol. The summed E-state index contributed by atoms with van der Waals surface area (Å²) in [6.45, 7) is 0. The van der Waals surface area contributed by atoms with Gasteiger partial charge in [-0.25, -0.2) is 0 Å². The molecule has 2 heteroatoms. The summed E-state index contributed by atoms with van der Waals surface area (Å²) in [5, 5.41) is 1.18. The molecule has 0 aliphatic rings. The molecule has 64 valence electrons. The van der Waals surface area contributed by atoms with Gasteiger partial charge in [0, 0.05) is 0 Å². The summed E-state index contributed by atoms with van der Waals surface area (Å²) in [6, 6.07) is 10.5. The van der Waals surface area contributed by atoms with Gasteiger partial charge in [0.05, 0.1) is 0 Å². The van der Waals surface area contributed by atoms with Crippen molar-refractivity contribution in [1.82, 2.24) is 0 Å². The summed E-state index contributed by atoms with van der Waals surface area (Å²) in [4.78, 5) is 10.0. The van der Waals surface area contributed by atoms with Crippen molar-refractivity contribution in [2.45, 2.75) is 18.2 Å². The van der Waals surface area contributed by atoms with E-state index in [9.17, 15) is 4.79 Å². The molecule has 0 aliphatic heterocycles. The number of aldehydes is 1. The minimum atomic E-state index is 0.560. The van der Waals surface area contributed by atoms with Crippen LogP contribution in [0.15, 0.2) is 30.3 Å². The maximum absolute atomic E-state index is 10.0. The van der Waals surface area contributed by atoms with Gasteiger partial charge < -0.3 is 0 Å². The molecule has 1 rings (SSSR count). The number of carbonyl (C=O) groups excluding carboxylic acids is 1. The van der Waals surface area contributed by atoms with E-state index in [1.807, 2.05) is 6.07 Å². The summed E-state index contributed by atoms with van der Waals surface area (Å²) in [6.07, 6.45) is 2.76. The quantitative estimate of drug-likeness (QED) is 0.422. The predicted octanol–water partition coefficient (Wildman–Crippen LogP) is 1.41. The van der Waals surface area contributed by atoms with Gasteiger partial charge in [-0.05, 0) is 0 Å². The molecule has 0 saturated heterocycles. The van der Waals surface area contributed by atoms with E-state index in [1.54, 1.807) is 0 Å². The van der Waals surface area contributed by atoms with Gasteiger partial charge in [0.2, 0.25) is 0 Å². The Bertz CT molecular complexity index is 221. The molecule has 0 heterocycles. The fourth-order valence-electron chi connectivity index (χ4n) is 0.873. The van der Waals surface area contributed by atoms with Crippen LogP contribution in [0.2, 0.25) is 5.32 Å². The van der Waals surface area contributed by atoms with E-state index in [2.05, 4.69) is 24.3 Å². The van der Waals surface area contributed by atoms with Gasteiger partial charge in [0.25, 0.3) is 0 Å². The normalized spacial score (nSPS) is 9.67. The third kappa shape index (κ3) is 3.70. The predicted molar refractivity (Wildman–Crippen MR) is 51.9 cm³/mol. The maximum atomic E-state index is 10.0. The zero-order chi connectivity index (χ0) is 8.65. The summed E-state index contributed by atoms with van der Waals surface area (Å²) < 4.78 is 1.43. The Balaban J connectivity index is 2.20. The Hall–Kier alpha value is -0.591. The average molecular weight is 227 g/mol. The first-order valence-electron chi connectivity index (χ1n) is 4.05. The zero-order valence-electron chi connectivity index (χ0n) is 6.90. The van der Waals surface area contributed by atoms with Gasteiger partial charge in [0.1, 0.15) is 0 Å². The van der Waals surface area contributed by atoms with Crippen LogP contribution >= 0.6 is 0 Å². The second-order valence-corrected chi connectivity index (χ2v) is 4.92. The van der Waals surface area contributed by atoms with E-state index in [1.165, 1.54) is 9.78 Å². The van der Waals surface area contributed by atoms with Crippen molar-refractivity contribution in [2.24, 2.45) is 0 Å². The number of benzene rings is 1. The molecule has 0 fully saturated rings. The third-order valence-electron chi connectivity index (χ3n) is 1.48. The van der Waals surface area contributed by atoms with E-state index in [0.29, 0.717) is 21.4 Å². The Kier molecular flexibility index (Phi) is 4.74. The van der Waals surface area contributed by atoms with E-state index in [4.69, 9.17) is 0 Å². The molecular weight excluding hydrogens is 215 g/mol. The van der Waals surface area contributed by atoms with Gasteiger partial charge in [0.15, 0.2) is 0 Å². The van der Waals surface area contributed by atoms with E-state index < -0.39 is 0 Å². The van der Waals surface area contributed by atoms with E-state index in [-0.39, 0.29) is 0 Å². The van der Waals surface area contributed by atoms with Crippen molar-refractivity contribution in [3.63, 3.8) is 0 Å². The molecule has 1 aromatic carbocycles. The fraction of sp³-hybridized carbons (Fsp3) is 0.300. The van der Waals surface area contributed by atoms with Crippen LogP contribution in [0.1, 0.15) is 12.8 Å². The first kappa shape index (κ1) is 9.50. The molecule has 0 aromatic heterocycles. The van der Waals surface area contributed by atoms with Crippen LogP contribution in [-0.2, 0) is 4.79 Å². The molecule has 0 unspecified atom stereocenters. The third-order valence-corrected chi connectivity index (χ3v) is 3.78. The number of carbonyl (C=O) groups is 1. The average Bonchev–Trinajstić information content (AvgIpc) is 2.14. The molecule has 0 saturated carbocycles. The van der Waals surface area contributed by atoms with Gasteiger partial charge >= 0.3 is 79.0 Å². The Labute approximate surface area is 79.3 Å². The van der Waals surface area contributed by atoms with E-state index in [0.717, 1.165) is 12.7 Å². The second-order valence-electron chi connectivity index (χ2n) is 2.47. The molecule has 12 heavy (non-hydrogen) atoms. The molecule has 0 bridgehead atoms. The minimum absolute atomic E-state index is 0.560. The van der Waals surface area contributed by atoms with Gasteiger partial charge in [-0.3, -0.25) is 0 Å². The number of hydrogen-bond donors (Lipinski definition) is 0. The second kappa shape index (κ2) is 5.98. The first-order valence-corrected chi connectivity index (χ1v) is 6.12. The first-order chi connectivity index (χ1) is 5.93. The number of unbranched alkanes of at least 4 members (excludes halogenated alkanes) is 1. The molecule has 0 N–H and O–H groups in total. The van der Waals surface area contributed by atoms with Crippen LogP contribution in [-0.4, -0.2) is 21.2 Å². The fourth-order valence-corrected chi connectivity index (χ4v) is 2.75. The topological polar surface area (TPSA) is 17.1 Å². The number of rotatable bonds is 5. The van der Waals surface area contributed by atoms with Crippen molar-refractivity contribution < 1.29 is 4.79 Å². The van der Waals surface area contributed by atoms with Crippen molar-refractivity contribution in [2.75, 3.05) is 0 Å². The van der Waals surface area contributed by atoms with Crippen molar-refractivity contribution in [3.05, 3.63) is 30.3 Å². The molecule has 0 radical (unpaired) electrons. The summed E-state index contributed by atoms with van der Waals surface area (Å²) in [5.74, 6) is 0. The Morgan fingerprint density at radius 2 is 2.00 bits per heavy atom. The van der Waals surface area contributed by atoms with Crippen LogP contribution in [0, 0.1) is 0 Å². The molecule has 0 spiro atoms. The van der Waals surface area contributed by atoms with Gasteiger partial charge in [-0.1, -0.05) is 0 Å².